The fourth-order valence-corrected chi connectivity index (χ4v) is 0. The van der Waals surface area contributed by atoms with E-state index >= 15 is 0 Å². The topological polar surface area (TPSA) is 0 Å². The molecule has 0 aliphatic rings. The molecule has 0 bridgehead atoms. The van der Waals surface area contributed by atoms with Crippen molar-refractivity contribution >= 4 is 0 Å². The molecule has 0 nitrogen and oxygen atoms in total. The Morgan fingerprint density at radius 1 is 0.375 bits per heavy atom. The Hall–Kier alpha value is 0. The second kappa shape index (κ2) is 0. The van der Waals surface area contributed by atoms with Gasteiger partial charge in [-0.25, -0.2) is 0 Å². The van der Waals surface area contributed by atoms with Crippen LogP contribution in [-0.4, -0.2) is 0 Å². The molecular weight excluding hydrogens is 96.1 g/mol. The molecule has 0 heterocycles. The van der Waals surface area contributed by atoms with Crippen LogP contribution in [-0.2, 0) is 0 Å². The second-order valence-electron chi connectivity index (χ2n) is 0. The maximum absolute atomic E-state index is 2.00. The zero-order chi connectivity index (χ0) is 6.00. The Labute approximate surface area is 57.3 Å². The summed E-state index contributed by atoms with van der Waals surface area (Å²) in [6.07, 6.45) is 0. The summed E-state index contributed by atoms with van der Waals surface area (Å²) in [5, 5.41) is 0. The first-order valence-electron chi connectivity index (χ1n) is 3.00. The third kappa shape index (κ3) is 0. The first-order chi connectivity index (χ1) is 3.00. The SMILES string of the molecule is C.C.CC.CC.CC. The highest BCUT2D eigenvalue weighted by Crippen LogP contribution is 1.15. The van der Waals surface area contributed by atoms with E-state index < -0.39 is 0 Å². The molecule has 0 aliphatic carbocycles. The molecule has 0 aromatic heterocycles. The molecule has 0 atom stereocenters. The quantitative estimate of drug-likeness (QED) is 0.448. The predicted molar refractivity (Wildman–Crippen MR) is 47.5 cm³/mol. The fourth-order valence-electron chi connectivity index (χ4n) is 0. The third-order valence-corrected chi connectivity index (χ3v) is 0. The minimum Gasteiger partial charge on any atom is -0.0776 e. The van der Waals surface area contributed by atoms with Gasteiger partial charge in [-0.15, -0.1) is 0 Å². The summed E-state index contributed by atoms with van der Waals surface area (Å²) in [4.78, 5) is 0. The van der Waals surface area contributed by atoms with E-state index in [9.17, 15) is 0 Å². The minimum absolute atomic E-state index is 0. The van der Waals surface area contributed by atoms with E-state index in [4.69, 9.17) is 0 Å². The molecule has 8 heavy (non-hydrogen) atoms. The fraction of sp³-hybridized carbons (Fsp3) is 1.00. The van der Waals surface area contributed by atoms with Crippen LogP contribution in [0.1, 0.15) is 56.4 Å². The number of hydrogen-bond acceptors (Lipinski definition) is 0. The van der Waals surface area contributed by atoms with Crippen LogP contribution in [0.4, 0.5) is 0 Å². The van der Waals surface area contributed by atoms with Crippen LogP contribution in [0.2, 0.25) is 0 Å². The van der Waals surface area contributed by atoms with E-state index in [1.54, 1.807) is 0 Å². The van der Waals surface area contributed by atoms with Gasteiger partial charge in [0.1, 0.15) is 0 Å². The molecule has 0 saturated heterocycles. The minimum atomic E-state index is 0. The van der Waals surface area contributed by atoms with Crippen LogP contribution in [0.15, 0.2) is 0 Å². The van der Waals surface area contributed by atoms with Gasteiger partial charge in [-0.1, -0.05) is 56.4 Å². The van der Waals surface area contributed by atoms with Gasteiger partial charge in [-0.2, -0.15) is 0 Å². The Kier molecular flexibility index (Phi) is 0. The van der Waals surface area contributed by atoms with E-state index in [-0.39, 0.29) is 14.9 Å². The van der Waals surface area contributed by atoms with Gasteiger partial charge in [0.15, 0.2) is 0 Å². The molecular formula is C8H26. The highest BCUT2D eigenvalue weighted by atomic mass is 13.0. The Morgan fingerprint density at radius 2 is 0.375 bits per heavy atom. The molecule has 0 amide bonds. The average molecular weight is 122 g/mol. The van der Waals surface area contributed by atoms with Gasteiger partial charge in [0.05, 0.1) is 0 Å². The summed E-state index contributed by atoms with van der Waals surface area (Å²) in [5.41, 5.74) is 0. The Balaban J connectivity index is -0.00000000500. The first-order valence-corrected chi connectivity index (χ1v) is 3.00. The van der Waals surface area contributed by atoms with Crippen molar-refractivity contribution in [2.75, 3.05) is 0 Å². The molecule has 0 fully saturated rings. The van der Waals surface area contributed by atoms with Crippen LogP contribution in [0, 0.1) is 0 Å². The smallest absolute Gasteiger partial charge is 0.0683 e. The summed E-state index contributed by atoms with van der Waals surface area (Å²) in [7, 11) is 0. The average Bonchev–Trinajstić information content (AvgIpc) is 1.81. The maximum Gasteiger partial charge on any atom is -0.0683 e. The van der Waals surface area contributed by atoms with Gasteiger partial charge < -0.3 is 0 Å². The van der Waals surface area contributed by atoms with E-state index in [1.807, 2.05) is 41.5 Å². The third-order valence-electron chi connectivity index (χ3n) is 0. The molecule has 0 aliphatic heterocycles. The van der Waals surface area contributed by atoms with Gasteiger partial charge in [0.2, 0.25) is 0 Å². The number of rotatable bonds is 0. The molecule has 0 rings (SSSR count). The van der Waals surface area contributed by atoms with E-state index in [0.29, 0.717) is 0 Å². The molecule has 0 unspecified atom stereocenters. The summed E-state index contributed by atoms with van der Waals surface area (Å²) in [6, 6.07) is 0. The summed E-state index contributed by atoms with van der Waals surface area (Å²) in [5.74, 6) is 0. The first kappa shape index (κ1) is 43.6. The molecule has 0 saturated carbocycles. The van der Waals surface area contributed by atoms with Crippen molar-refractivity contribution in [3.05, 3.63) is 0 Å². The second-order valence-corrected chi connectivity index (χ2v) is 0. The molecule has 58 valence electrons. The van der Waals surface area contributed by atoms with Gasteiger partial charge in [-0.05, 0) is 0 Å². The molecule has 0 N–H and O–H groups in total. The van der Waals surface area contributed by atoms with Crippen molar-refractivity contribution in [3.8, 4) is 0 Å². The zero-order valence-corrected chi connectivity index (χ0v) is 6.00. The molecule has 0 radical (unpaired) electrons. The lowest BCUT2D eigenvalue weighted by Gasteiger charge is -1.07. The lowest BCUT2D eigenvalue weighted by atomic mass is 11.0. The van der Waals surface area contributed by atoms with Crippen molar-refractivity contribution in [2.45, 2.75) is 56.4 Å². The molecule has 0 aromatic rings. The monoisotopic (exact) mass is 122 g/mol. The summed E-state index contributed by atoms with van der Waals surface area (Å²) < 4.78 is 0. The van der Waals surface area contributed by atoms with Crippen molar-refractivity contribution in [2.24, 2.45) is 0 Å². The number of hydrogen-bond donors (Lipinski definition) is 0. The standard InChI is InChI=1S/3C2H6.2CH4/c3*1-2;;/h3*1-2H3;2*1H4. The van der Waals surface area contributed by atoms with Crippen LogP contribution in [0.3, 0.4) is 0 Å². The highest BCUT2D eigenvalue weighted by molar-refractivity contribution is 3.51. The van der Waals surface area contributed by atoms with Crippen LogP contribution in [0.25, 0.3) is 0 Å². The molecule has 0 heteroatoms. The van der Waals surface area contributed by atoms with E-state index in [2.05, 4.69) is 0 Å². The Morgan fingerprint density at radius 3 is 0.375 bits per heavy atom. The largest absolute Gasteiger partial charge is 0.0776 e. The van der Waals surface area contributed by atoms with Crippen LogP contribution >= 0.6 is 0 Å². The van der Waals surface area contributed by atoms with Gasteiger partial charge in [0, 0.05) is 0 Å². The van der Waals surface area contributed by atoms with Crippen molar-refractivity contribution in [1.29, 1.82) is 0 Å². The van der Waals surface area contributed by atoms with Gasteiger partial charge in [0.25, 0.3) is 0 Å². The van der Waals surface area contributed by atoms with Gasteiger partial charge in [-0.3, -0.25) is 0 Å². The Bertz CT molecular complexity index is 0. The van der Waals surface area contributed by atoms with E-state index in [1.165, 1.54) is 0 Å². The lowest BCUT2D eigenvalue weighted by molar-refractivity contribution is 1.50. The van der Waals surface area contributed by atoms with Gasteiger partial charge >= 0.3 is 0 Å². The van der Waals surface area contributed by atoms with Crippen molar-refractivity contribution in [3.63, 3.8) is 0 Å². The van der Waals surface area contributed by atoms with E-state index in [0.717, 1.165) is 0 Å². The highest BCUT2D eigenvalue weighted by Gasteiger charge is 0.936. The predicted octanol–water partition coefficient (Wildman–Crippen LogP) is 4.35. The molecule has 0 spiro atoms. The lowest BCUT2D eigenvalue weighted by Crippen LogP contribution is -0.856. The maximum atomic E-state index is 2.00. The van der Waals surface area contributed by atoms with Crippen LogP contribution < -0.4 is 0 Å². The van der Waals surface area contributed by atoms with Crippen molar-refractivity contribution in [1.82, 2.24) is 0 Å². The summed E-state index contributed by atoms with van der Waals surface area (Å²) in [6.45, 7) is 12.0. The zero-order valence-electron chi connectivity index (χ0n) is 6.00. The summed E-state index contributed by atoms with van der Waals surface area (Å²) >= 11 is 0. The normalized spacial score (nSPS) is 2.25. The van der Waals surface area contributed by atoms with Crippen LogP contribution in [0.5, 0.6) is 0 Å². The van der Waals surface area contributed by atoms with Crippen molar-refractivity contribution < 1.29 is 0 Å². The molecule has 0 aromatic carbocycles.